The molecule has 0 spiro atoms. The van der Waals surface area contributed by atoms with E-state index in [0.29, 0.717) is 0 Å². The maximum absolute atomic E-state index is 13.4. The minimum atomic E-state index is -0.996. The average molecular weight is 797 g/mol. The molecule has 5 unspecified atom stereocenters. The molecule has 5 atom stereocenters. The Balaban J connectivity index is 0.948. The van der Waals surface area contributed by atoms with Gasteiger partial charge in [-0.3, -0.25) is 19.4 Å². The minimum absolute atomic E-state index is 0.0282. The molecule has 4 aromatic carbocycles. The van der Waals surface area contributed by atoms with Crippen molar-refractivity contribution >= 4 is 23.9 Å². The molecule has 2 N–H and O–H groups in total. The summed E-state index contributed by atoms with van der Waals surface area (Å²) in [5, 5.41) is 12.2. The number of benzene rings is 4. The number of carbonyl (C=O) groups excluding carboxylic acids is 3. The van der Waals surface area contributed by atoms with Crippen molar-refractivity contribution < 1.29 is 33.7 Å². The standard InChI is InChI=1S/C46H48N6O7/c1-31-40(28-50-22-24-51(25-23-50)45-47-20-7-21-48-45)58-44(59-42(31)35-14-12-32(29-53)13-15-35)36-18-16-34(17-19-36)38-11-6-5-10-37(38)27-52-41(54)26-39(43(52)55)49-46(56)57-30-33-8-3-2-4-9-33/h2-21,31,39-40,42,44,53H,22-30H2,1H3,(H,49,56). The summed E-state index contributed by atoms with van der Waals surface area (Å²) in [6.07, 6.45) is 1.65. The van der Waals surface area contributed by atoms with E-state index in [1.54, 1.807) is 12.4 Å². The number of amides is 3. The van der Waals surface area contributed by atoms with Gasteiger partial charge in [-0.2, -0.15) is 0 Å². The first-order chi connectivity index (χ1) is 28.8. The summed E-state index contributed by atoms with van der Waals surface area (Å²) < 4.78 is 18.8. The summed E-state index contributed by atoms with van der Waals surface area (Å²) in [5.41, 5.74) is 6.11. The highest BCUT2D eigenvalue weighted by atomic mass is 16.7. The van der Waals surface area contributed by atoms with Crippen LogP contribution in [0.25, 0.3) is 11.1 Å². The number of hydrogen-bond acceptors (Lipinski definition) is 11. The largest absolute Gasteiger partial charge is 0.445 e. The summed E-state index contributed by atoms with van der Waals surface area (Å²) in [6, 6.07) is 33.7. The van der Waals surface area contributed by atoms with Crippen LogP contribution in [0, 0.1) is 5.92 Å². The Hall–Kier alpha value is -5.99. The van der Waals surface area contributed by atoms with Gasteiger partial charge in [0, 0.05) is 56.6 Å². The van der Waals surface area contributed by atoms with Crippen LogP contribution in [0.4, 0.5) is 10.7 Å². The zero-order valence-electron chi connectivity index (χ0n) is 32.9. The molecule has 8 rings (SSSR count). The van der Waals surface area contributed by atoms with Crippen LogP contribution in [-0.2, 0) is 43.6 Å². The van der Waals surface area contributed by atoms with Crippen molar-refractivity contribution in [3.8, 4) is 11.1 Å². The molecule has 3 amide bonds. The fraction of sp³-hybridized carbons (Fsp3) is 0.326. The Morgan fingerprint density at radius 3 is 2.24 bits per heavy atom. The van der Waals surface area contributed by atoms with E-state index in [1.165, 1.54) is 4.90 Å². The number of rotatable bonds is 12. The van der Waals surface area contributed by atoms with Crippen molar-refractivity contribution in [3.63, 3.8) is 0 Å². The highest BCUT2D eigenvalue weighted by Crippen LogP contribution is 2.42. The summed E-state index contributed by atoms with van der Waals surface area (Å²) >= 11 is 0. The topological polar surface area (TPSA) is 147 Å². The third kappa shape index (κ3) is 9.34. The van der Waals surface area contributed by atoms with Crippen molar-refractivity contribution in [1.29, 1.82) is 0 Å². The number of carbonyl (C=O) groups is 3. The van der Waals surface area contributed by atoms with Gasteiger partial charge < -0.3 is 29.5 Å². The average Bonchev–Trinajstić information content (AvgIpc) is 3.54. The zero-order valence-corrected chi connectivity index (χ0v) is 32.9. The Morgan fingerprint density at radius 1 is 0.814 bits per heavy atom. The lowest BCUT2D eigenvalue weighted by Crippen LogP contribution is -2.51. The quantitative estimate of drug-likeness (QED) is 0.148. The van der Waals surface area contributed by atoms with Gasteiger partial charge in [-0.15, -0.1) is 0 Å². The molecule has 3 saturated heterocycles. The van der Waals surface area contributed by atoms with Gasteiger partial charge >= 0.3 is 6.09 Å². The number of aliphatic hydroxyl groups is 1. The van der Waals surface area contributed by atoms with Crippen molar-refractivity contribution in [3.05, 3.63) is 149 Å². The smallest absolute Gasteiger partial charge is 0.408 e. The molecule has 0 radical (unpaired) electrons. The third-order valence-electron chi connectivity index (χ3n) is 11.4. The molecular formula is C46H48N6O7. The van der Waals surface area contributed by atoms with Crippen molar-refractivity contribution in [2.45, 2.75) is 57.6 Å². The molecule has 3 aliphatic rings. The predicted molar refractivity (Wildman–Crippen MR) is 219 cm³/mol. The fourth-order valence-electron chi connectivity index (χ4n) is 7.97. The molecule has 13 nitrogen and oxygen atoms in total. The summed E-state index contributed by atoms with van der Waals surface area (Å²) in [5.74, 6) is -0.0479. The summed E-state index contributed by atoms with van der Waals surface area (Å²) in [6.45, 7) is 6.35. The van der Waals surface area contributed by atoms with Crippen LogP contribution in [0.3, 0.4) is 0 Å². The lowest BCUT2D eigenvalue weighted by Gasteiger charge is -2.44. The third-order valence-corrected chi connectivity index (χ3v) is 11.4. The zero-order chi connectivity index (χ0) is 40.7. The number of ether oxygens (including phenoxy) is 3. The van der Waals surface area contributed by atoms with E-state index < -0.39 is 24.3 Å². The van der Waals surface area contributed by atoms with Crippen LogP contribution < -0.4 is 10.2 Å². The molecule has 13 heteroatoms. The summed E-state index contributed by atoms with van der Waals surface area (Å²) in [4.78, 5) is 53.7. The molecule has 0 aliphatic carbocycles. The number of nitrogens with zero attached hydrogens (tertiary/aromatic N) is 5. The van der Waals surface area contributed by atoms with E-state index in [2.05, 4.69) is 32.0 Å². The Kier molecular flexibility index (Phi) is 12.3. The first-order valence-electron chi connectivity index (χ1n) is 20.1. The number of nitrogens with one attached hydrogen (secondary N) is 1. The maximum Gasteiger partial charge on any atom is 0.408 e. The van der Waals surface area contributed by atoms with Crippen molar-refractivity contribution in [2.24, 2.45) is 5.92 Å². The van der Waals surface area contributed by atoms with Crippen LogP contribution in [-0.4, -0.2) is 87.7 Å². The van der Waals surface area contributed by atoms with Crippen molar-refractivity contribution in [2.75, 3.05) is 37.6 Å². The van der Waals surface area contributed by atoms with Gasteiger partial charge in [0.05, 0.1) is 31.8 Å². The molecule has 3 aliphatic heterocycles. The lowest BCUT2D eigenvalue weighted by atomic mass is 9.89. The molecule has 0 bridgehead atoms. The second kappa shape index (κ2) is 18.3. The molecule has 59 heavy (non-hydrogen) atoms. The second-order valence-corrected chi connectivity index (χ2v) is 15.2. The van der Waals surface area contributed by atoms with Gasteiger partial charge in [0.15, 0.2) is 6.29 Å². The number of likely N-dealkylation sites (tertiary alicyclic amines) is 1. The van der Waals surface area contributed by atoms with E-state index >= 15 is 0 Å². The van der Waals surface area contributed by atoms with E-state index in [0.717, 1.165) is 77.6 Å². The van der Waals surface area contributed by atoms with Gasteiger partial charge in [-0.25, -0.2) is 14.8 Å². The van der Waals surface area contributed by atoms with Gasteiger partial charge in [0.2, 0.25) is 11.9 Å². The number of piperazine rings is 1. The maximum atomic E-state index is 13.4. The highest BCUT2D eigenvalue weighted by molar-refractivity contribution is 6.06. The van der Waals surface area contributed by atoms with Gasteiger partial charge in [-0.05, 0) is 39.4 Å². The van der Waals surface area contributed by atoms with E-state index in [-0.39, 0.29) is 50.2 Å². The Bertz CT molecular complexity index is 2200. The first kappa shape index (κ1) is 39.8. The van der Waals surface area contributed by atoms with Crippen LogP contribution in [0.2, 0.25) is 0 Å². The van der Waals surface area contributed by atoms with Crippen molar-refractivity contribution in [1.82, 2.24) is 25.1 Å². The van der Waals surface area contributed by atoms with E-state index in [9.17, 15) is 19.5 Å². The van der Waals surface area contributed by atoms with Gasteiger partial charge in [0.1, 0.15) is 12.6 Å². The van der Waals surface area contributed by atoms with Crippen LogP contribution in [0.5, 0.6) is 0 Å². The molecule has 1 aromatic heterocycles. The van der Waals surface area contributed by atoms with E-state index in [1.807, 2.05) is 109 Å². The fourth-order valence-corrected chi connectivity index (χ4v) is 7.97. The first-order valence-corrected chi connectivity index (χ1v) is 20.1. The molecule has 304 valence electrons. The number of alkyl carbamates (subject to hydrolysis) is 1. The normalized spacial score (nSPS) is 22.4. The Labute approximate surface area is 343 Å². The van der Waals surface area contributed by atoms with Crippen LogP contribution >= 0.6 is 0 Å². The minimum Gasteiger partial charge on any atom is -0.445 e. The number of imide groups is 1. The van der Waals surface area contributed by atoms with Gasteiger partial charge in [0.25, 0.3) is 5.91 Å². The number of aromatic nitrogens is 2. The number of hydrogen-bond donors (Lipinski definition) is 2. The molecule has 3 fully saturated rings. The van der Waals surface area contributed by atoms with Crippen LogP contribution in [0.15, 0.2) is 122 Å². The molecule has 0 saturated carbocycles. The SMILES string of the molecule is CC1C(CN2CCN(c3ncccn3)CC2)OC(c2ccc(-c3ccccc3CN3C(=O)CC(NC(=O)OCc4ccccc4)C3=O)cc2)OC1c1ccc(CO)cc1. The monoisotopic (exact) mass is 796 g/mol. The molecular weight excluding hydrogens is 749 g/mol. The predicted octanol–water partition coefficient (Wildman–Crippen LogP) is 5.80. The molecule has 4 heterocycles. The molecule has 5 aromatic rings. The number of aliphatic hydroxyl groups excluding tert-OH is 1. The van der Waals surface area contributed by atoms with Crippen LogP contribution in [0.1, 0.15) is 53.6 Å². The highest BCUT2D eigenvalue weighted by Gasteiger charge is 2.41. The van der Waals surface area contributed by atoms with Gasteiger partial charge in [-0.1, -0.05) is 110 Å². The second-order valence-electron chi connectivity index (χ2n) is 15.2. The van der Waals surface area contributed by atoms with E-state index in [4.69, 9.17) is 14.2 Å². The Morgan fingerprint density at radius 2 is 1.51 bits per heavy atom. The summed E-state index contributed by atoms with van der Waals surface area (Å²) in [7, 11) is 0. The lowest BCUT2D eigenvalue weighted by molar-refractivity contribution is -0.276. The number of anilines is 1.